The van der Waals surface area contributed by atoms with Crippen LogP contribution in [0, 0.1) is 13.8 Å². The lowest BCUT2D eigenvalue weighted by molar-refractivity contribution is 0.0447. The zero-order chi connectivity index (χ0) is 14.2. The summed E-state index contributed by atoms with van der Waals surface area (Å²) >= 11 is 0. The van der Waals surface area contributed by atoms with Crippen molar-refractivity contribution in [1.29, 1.82) is 0 Å². The van der Waals surface area contributed by atoms with Gasteiger partial charge in [0.2, 0.25) is 0 Å². The average Bonchev–Trinajstić information content (AvgIpc) is 2.79. The summed E-state index contributed by atoms with van der Waals surface area (Å²) in [5.74, 6) is 0.798. The quantitative estimate of drug-likeness (QED) is 0.789. The van der Waals surface area contributed by atoms with Crippen molar-refractivity contribution in [2.24, 2.45) is 14.1 Å². The fourth-order valence-corrected chi connectivity index (χ4v) is 1.69. The van der Waals surface area contributed by atoms with E-state index in [4.69, 9.17) is 10.5 Å². The Morgan fingerprint density at radius 3 is 2.47 bits per heavy atom. The van der Waals surface area contributed by atoms with Crippen molar-refractivity contribution in [3.63, 3.8) is 0 Å². The molecular formula is C11H16N6O2. The first-order valence-corrected chi connectivity index (χ1v) is 5.73. The molecule has 0 radical (unpaired) electrons. The molecule has 0 atom stereocenters. The summed E-state index contributed by atoms with van der Waals surface area (Å²) in [6.45, 7) is 3.60. The molecule has 0 aliphatic carbocycles. The maximum atomic E-state index is 12.0. The third-order valence-electron chi connectivity index (χ3n) is 2.98. The SMILES string of the molecule is Cc1nn(C)c(C(=O)OCc2nnc(C)n2C)c1N. The minimum atomic E-state index is -0.527. The van der Waals surface area contributed by atoms with Crippen LogP contribution in [0.5, 0.6) is 0 Å². The lowest BCUT2D eigenvalue weighted by Gasteiger charge is -2.05. The fourth-order valence-electron chi connectivity index (χ4n) is 1.69. The Morgan fingerprint density at radius 2 is 2.00 bits per heavy atom. The van der Waals surface area contributed by atoms with Gasteiger partial charge in [0.1, 0.15) is 5.82 Å². The number of esters is 1. The second-order valence-corrected chi connectivity index (χ2v) is 4.27. The van der Waals surface area contributed by atoms with Crippen LogP contribution in [-0.4, -0.2) is 30.5 Å². The average molecular weight is 264 g/mol. The van der Waals surface area contributed by atoms with Gasteiger partial charge < -0.3 is 15.0 Å². The summed E-state index contributed by atoms with van der Waals surface area (Å²) in [6, 6.07) is 0. The molecule has 0 unspecified atom stereocenters. The minimum Gasteiger partial charge on any atom is -0.453 e. The van der Waals surface area contributed by atoms with Gasteiger partial charge in [-0.25, -0.2) is 4.79 Å². The summed E-state index contributed by atoms with van der Waals surface area (Å²) in [5.41, 5.74) is 6.97. The van der Waals surface area contributed by atoms with E-state index >= 15 is 0 Å². The molecule has 0 saturated heterocycles. The predicted molar refractivity (Wildman–Crippen MR) is 67.2 cm³/mol. The second kappa shape index (κ2) is 4.71. The molecule has 2 aromatic rings. The third-order valence-corrected chi connectivity index (χ3v) is 2.98. The van der Waals surface area contributed by atoms with Crippen LogP contribution in [0.25, 0.3) is 0 Å². The van der Waals surface area contributed by atoms with Gasteiger partial charge in [-0.15, -0.1) is 10.2 Å². The number of nitrogens with zero attached hydrogens (tertiary/aromatic N) is 5. The number of nitrogen functional groups attached to an aromatic ring is 1. The molecule has 102 valence electrons. The highest BCUT2D eigenvalue weighted by atomic mass is 16.5. The number of hydrogen-bond donors (Lipinski definition) is 1. The van der Waals surface area contributed by atoms with Crippen molar-refractivity contribution in [1.82, 2.24) is 24.5 Å². The lowest BCUT2D eigenvalue weighted by Crippen LogP contribution is -2.14. The van der Waals surface area contributed by atoms with Crippen molar-refractivity contribution >= 4 is 11.7 Å². The molecule has 0 saturated carbocycles. The standard InChI is InChI=1S/C11H16N6O2/c1-6-9(12)10(17(4)15-6)11(18)19-5-8-14-13-7(2)16(8)3/h5,12H2,1-4H3. The lowest BCUT2D eigenvalue weighted by atomic mass is 10.3. The first-order chi connectivity index (χ1) is 8.91. The van der Waals surface area contributed by atoms with E-state index in [1.165, 1.54) is 4.68 Å². The normalized spacial score (nSPS) is 10.7. The van der Waals surface area contributed by atoms with Gasteiger partial charge in [0.25, 0.3) is 0 Å². The van der Waals surface area contributed by atoms with E-state index in [0.29, 0.717) is 17.2 Å². The van der Waals surface area contributed by atoms with E-state index in [1.807, 2.05) is 6.92 Å². The molecule has 0 aliphatic heterocycles. The van der Waals surface area contributed by atoms with Gasteiger partial charge in [0.15, 0.2) is 18.1 Å². The largest absolute Gasteiger partial charge is 0.453 e. The number of hydrogen-bond acceptors (Lipinski definition) is 6. The molecule has 0 spiro atoms. The molecular weight excluding hydrogens is 248 g/mol. The summed E-state index contributed by atoms with van der Waals surface area (Å²) < 4.78 is 8.35. The molecule has 8 nitrogen and oxygen atoms in total. The van der Waals surface area contributed by atoms with E-state index in [9.17, 15) is 4.79 Å². The molecule has 2 heterocycles. The minimum absolute atomic E-state index is 0.0415. The molecule has 0 aliphatic rings. The highest BCUT2D eigenvalue weighted by Gasteiger charge is 2.20. The highest BCUT2D eigenvalue weighted by molar-refractivity contribution is 5.93. The molecule has 0 amide bonds. The van der Waals surface area contributed by atoms with E-state index in [2.05, 4.69) is 15.3 Å². The summed E-state index contributed by atoms with van der Waals surface area (Å²) in [7, 11) is 3.45. The second-order valence-electron chi connectivity index (χ2n) is 4.27. The Hall–Kier alpha value is -2.38. The number of aryl methyl sites for hydroxylation is 3. The smallest absolute Gasteiger partial charge is 0.359 e. The van der Waals surface area contributed by atoms with Crippen molar-refractivity contribution in [3.8, 4) is 0 Å². The van der Waals surface area contributed by atoms with Crippen molar-refractivity contribution in [3.05, 3.63) is 23.0 Å². The Labute approximate surface area is 110 Å². The summed E-state index contributed by atoms with van der Waals surface area (Å²) in [6.07, 6.45) is 0. The molecule has 8 heteroatoms. The van der Waals surface area contributed by atoms with E-state index in [1.54, 1.807) is 25.6 Å². The number of carbonyl (C=O) groups excluding carboxylic acids is 1. The van der Waals surface area contributed by atoms with Crippen molar-refractivity contribution in [2.75, 3.05) is 5.73 Å². The number of aromatic nitrogens is 5. The van der Waals surface area contributed by atoms with Gasteiger partial charge in [-0.3, -0.25) is 4.68 Å². The van der Waals surface area contributed by atoms with E-state index in [-0.39, 0.29) is 12.3 Å². The highest BCUT2D eigenvalue weighted by Crippen LogP contribution is 2.16. The zero-order valence-electron chi connectivity index (χ0n) is 11.3. The molecule has 0 aromatic carbocycles. The number of carbonyl (C=O) groups is 1. The van der Waals surface area contributed by atoms with Crippen LogP contribution < -0.4 is 5.73 Å². The van der Waals surface area contributed by atoms with Crippen LogP contribution in [-0.2, 0) is 25.4 Å². The van der Waals surface area contributed by atoms with Crippen LogP contribution in [0.3, 0.4) is 0 Å². The number of rotatable bonds is 3. The summed E-state index contributed by atoms with van der Waals surface area (Å²) in [5, 5.41) is 11.9. The topological polar surface area (TPSA) is 101 Å². The maximum Gasteiger partial charge on any atom is 0.359 e. The maximum absolute atomic E-state index is 12.0. The Morgan fingerprint density at radius 1 is 1.32 bits per heavy atom. The van der Waals surface area contributed by atoms with E-state index < -0.39 is 5.97 Å². The van der Waals surface area contributed by atoms with Crippen molar-refractivity contribution in [2.45, 2.75) is 20.5 Å². The van der Waals surface area contributed by atoms with E-state index in [0.717, 1.165) is 5.82 Å². The Bertz CT molecular complexity index is 627. The van der Waals surface area contributed by atoms with Gasteiger partial charge in [-0.2, -0.15) is 5.10 Å². The van der Waals surface area contributed by atoms with Gasteiger partial charge in [-0.05, 0) is 13.8 Å². The van der Waals surface area contributed by atoms with Crippen molar-refractivity contribution < 1.29 is 9.53 Å². The zero-order valence-corrected chi connectivity index (χ0v) is 11.3. The Kier molecular flexibility index (Phi) is 3.24. The van der Waals surface area contributed by atoms with Crippen LogP contribution in [0.15, 0.2) is 0 Å². The molecule has 2 aromatic heterocycles. The summed E-state index contributed by atoms with van der Waals surface area (Å²) in [4.78, 5) is 12.0. The predicted octanol–water partition coefficient (Wildman–Crippen LogP) is 0.105. The number of ether oxygens (including phenoxy) is 1. The number of anilines is 1. The molecule has 0 bridgehead atoms. The first kappa shape index (κ1) is 13.1. The fraction of sp³-hybridized carbons (Fsp3) is 0.455. The van der Waals surface area contributed by atoms with Gasteiger partial charge >= 0.3 is 5.97 Å². The van der Waals surface area contributed by atoms with Gasteiger partial charge in [-0.1, -0.05) is 0 Å². The van der Waals surface area contributed by atoms with Crippen LogP contribution in [0.2, 0.25) is 0 Å². The molecule has 19 heavy (non-hydrogen) atoms. The number of nitrogens with two attached hydrogens (primary N) is 1. The molecule has 2 N–H and O–H groups in total. The van der Waals surface area contributed by atoms with Gasteiger partial charge in [0, 0.05) is 14.1 Å². The van der Waals surface area contributed by atoms with Crippen LogP contribution in [0.4, 0.5) is 5.69 Å². The molecule has 2 rings (SSSR count). The first-order valence-electron chi connectivity index (χ1n) is 5.73. The van der Waals surface area contributed by atoms with Crippen LogP contribution in [0.1, 0.15) is 27.8 Å². The van der Waals surface area contributed by atoms with Gasteiger partial charge in [0.05, 0.1) is 11.4 Å². The van der Waals surface area contributed by atoms with Crippen LogP contribution >= 0.6 is 0 Å². The Balaban J connectivity index is 2.12. The third kappa shape index (κ3) is 2.28. The monoisotopic (exact) mass is 264 g/mol. The molecule has 0 fully saturated rings.